The Hall–Kier alpha value is -1.76. The molecule has 2 aliphatic heterocycles. The number of methoxy groups -OCH3 is 1. The maximum atomic E-state index is 11.3. The van der Waals surface area contributed by atoms with Crippen molar-refractivity contribution >= 4 is 12.1 Å². The SMILES string of the molecule is COC(=O)O[C@@H]1/C(=C/CO)O[C@@H]2CC(=O)N12. The van der Waals surface area contributed by atoms with Crippen molar-refractivity contribution in [3.8, 4) is 0 Å². The molecule has 16 heavy (non-hydrogen) atoms. The Morgan fingerprint density at radius 1 is 1.75 bits per heavy atom. The molecule has 2 heterocycles. The lowest BCUT2D eigenvalue weighted by atomic mass is 10.2. The second kappa shape index (κ2) is 4.01. The maximum absolute atomic E-state index is 11.3. The number of amides is 1. The summed E-state index contributed by atoms with van der Waals surface area (Å²) >= 11 is 0. The summed E-state index contributed by atoms with van der Waals surface area (Å²) in [6.45, 7) is -0.259. The monoisotopic (exact) mass is 229 g/mol. The summed E-state index contributed by atoms with van der Waals surface area (Å²) in [6, 6.07) is 0. The van der Waals surface area contributed by atoms with Crippen LogP contribution in [0.25, 0.3) is 0 Å². The molecule has 0 aromatic heterocycles. The topological polar surface area (TPSA) is 85.3 Å². The molecule has 2 aliphatic rings. The van der Waals surface area contributed by atoms with Crippen molar-refractivity contribution in [2.45, 2.75) is 18.9 Å². The number of carbonyl (C=O) groups excluding carboxylic acids is 2. The highest BCUT2D eigenvalue weighted by molar-refractivity contribution is 5.84. The molecule has 0 spiro atoms. The van der Waals surface area contributed by atoms with E-state index in [4.69, 9.17) is 14.6 Å². The molecule has 7 heteroatoms. The van der Waals surface area contributed by atoms with E-state index in [1.807, 2.05) is 0 Å². The normalized spacial score (nSPS) is 29.5. The van der Waals surface area contributed by atoms with Crippen molar-refractivity contribution in [2.75, 3.05) is 13.7 Å². The molecule has 1 amide bonds. The van der Waals surface area contributed by atoms with Gasteiger partial charge in [0, 0.05) is 0 Å². The number of hydrogen-bond acceptors (Lipinski definition) is 6. The van der Waals surface area contributed by atoms with Crippen LogP contribution in [0.2, 0.25) is 0 Å². The van der Waals surface area contributed by atoms with Crippen LogP contribution in [0.5, 0.6) is 0 Å². The van der Waals surface area contributed by atoms with E-state index in [0.717, 1.165) is 0 Å². The van der Waals surface area contributed by atoms with Crippen LogP contribution in [0.3, 0.4) is 0 Å². The molecule has 0 radical (unpaired) electrons. The molecule has 2 fully saturated rings. The first-order valence-corrected chi connectivity index (χ1v) is 4.70. The van der Waals surface area contributed by atoms with Crippen LogP contribution in [0.4, 0.5) is 4.79 Å². The fourth-order valence-corrected chi connectivity index (χ4v) is 1.63. The van der Waals surface area contributed by atoms with Gasteiger partial charge in [-0.3, -0.25) is 9.69 Å². The fraction of sp³-hybridized carbons (Fsp3) is 0.556. The summed E-state index contributed by atoms with van der Waals surface area (Å²) in [5.41, 5.74) is 0. The second-order valence-electron chi connectivity index (χ2n) is 3.29. The molecule has 0 aliphatic carbocycles. The molecular formula is C9H11NO6. The highest BCUT2D eigenvalue weighted by Gasteiger charge is 2.52. The van der Waals surface area contributed by atoms with Gasteiger partial charge in [0.05, 0.1) is 20.1 Å². The molecule has 0 saturated carbocycles. The van der Waals surface area contributed by atoms with Crippen LogP contribution in [-0.4, -0.2) is 48.2 Å². The van der Waals surface area contributed by atoms with Crippen molar-refractivity contribution in [1.82, 2.24) is 4.90 Å². The van der Waals surface area contributed by atoms with E-state index in [2.05, 4.69) is 4.74 Å². The number of fused-ring (bicyclic) bond motifs is 1. The Labute approximate surface area is 91.2 Å². The first-order valence-electron chi connectivity index (χ1n) is 4.70. The van der Waals surface area contributed by atoms with Crippen molar-refractivity contribution in [3.05, 3.63) is 11.8 Å². The van der Waals surface area contributed by atoms with Crippen LogP contribution < -0.4 is 0 Å². The first kappa shape index (κ1) is 10.7. The van der Waals surface area contributed by atoms with Gasteiger partial charge in [0.1, 0.15) is 0 Å². The number of aliphatic hydroxyl groups excluding tert-OH is 1. The average molecular weight is 229 g/mol. The highest BCUT2D eigenvalue weighted by atomic mass is 16.7. The first-order chi connectivity index (χ1) is 7.67. The highest BCUT2D eigenvalue weighted by Crippen LogP contribution is 2.36. The van der Waals surface area contributed by atoms with Gasteiger partial charge in [-0.2, -0.15) is 0 Å². The van der Waals surface area contributed by atoms with E-state index < -0.39 is 18.6 Å². The zero-order valence-electron chi connectivity index (χ0n) is 8.58. The Morgan fingerprint density at radius 2 is 2.50 bits per heavy atom. The lowest BCUT2D eigenvalue weighted by Crippen LogP contribution is -2.53. The molecule has 88 valence electrons. The maximum Gasteiger partial charge on any atom is 0.510 e. The van der Waals surface area contributed by atoms with Gasteiger partial charge in [-0.15, -0.1) is 0 Å². The molecule has 2 rings (SSSR count). The van der Waals surface area contributed by atoms with E-state index in [-0.39, 0.29) is 24.7 Å². The zero-order valence-corrected chi connectivity index (χ0v) is 8.58. The van der Waals surface area contributed by atoms with Crippen LogP contribution in [0, 0.1) is 0 Å². The van der Waals surface area contributed by atoms with Gasteiger partial charge < -0.3 is 19.3 Å². The summed E-state index contributed by atoms with van der Waals surface area (Å²) in [5.74, 6) is 0.0870. The lowest BCUT2D eigenvalue weighted by molar-refractivity contribution is -0.164. The molecule has 1 N–H and O–H groups in total. The number of ether oxygens (including phenoxy) is 3. The van der Waals surface area contributed by atoms with E-state index in [1.54, 1.807) is 0 Å². The third kappa shape index (κ3) is 1.58. The van der Waals surface area contributed by atoms with Gasteiger partial charge in [-0.1, -0.05) is 0 Å². The third-order valence-corrected chi connectivity index (χ3v) is 2.38. The van der Waals surface area contributed by atoms with Gasteiger partial charge in [0.15, 0.2) is 12.0 Å². The van der Waals surface area contributed by atoms with E-state index >= 15 is 0 Å². The Balaban J connectivity index is 2.13. The number of hydrogen-bond donors (Lipinski definition) is 1. The summed E-state index contributed by atoms with van der Waals surface area (Å²) < 4.78 is 14.5. The number of carbonyl (C=O) groups is 2. The molecule has 0 aromatic carbocycles. The number of β-lactam (4-membered cyclic amide) rings is 1. The number of rotatable bonds is 2. The van der Waals surface area contributed by atoms with Gasteiger partial charge in [0.25, 0.3) is 0 Å². The van der Waals surface area contributed by atoms with E-state index in [0.29, 0.717) is 0 Å². The standard InChI is InChI=1S/C9H11NO6/c1-14-9(13)16-8-5(2-3-11)15-7-4-6(12)10(7)8/h2,7-8,11H,3-4H2,1H3/b5-2-/t7-,8-/m1/s1. The Morgan fingerprint density at radius 3 is 3.06 bits per heavy atom. The van der Waals surface area contributed by atoms with Gasteiger partial charge in [0.2, 0.25) is 12.1 Å². The predicted molar refractivity (Wildman–Crippen MR) is 48.8 cm³/mol. The lowest BCUT2D eigenvalue weighted by Gasteiger charge is -2.33. The summed E-state index contributed by atoms with van der Waals surface area (Å²) in [4.78, 5) is 23.5. The smallest absolute Gasteiger partial charge is 0.468 e. The molecule has 2 atom stereocenters. The average Bonchev–Trinajstić information content (AvgIpc) is 2.51. The van der Waals surface area contributed by atoms with E-state index in [1.165, 1.54) is 18.1 Å². The fourth-order valence-electron chi connectivity index (χ4n) is 1.63. The van der Waals surface area contributed by atoms with E-state index in [9.17, 15) is 9.59 Å². The minimum atomic E-state index is -0.925. The number of aliphatic hydroxyl groups is 1. The molecule has 0 aromatic rings. The predicted octanol–water partition coefficient (Wildman–Crippen LogP) is -0.440. The van der Waals surface area contributed by atoms with Crippen LogP contribution in [0.1, 0.15) is 6.42 Å². The molecule has 0 unspecified atom stereocenters. The van der Waals surface area contributed by atoms with Crippen molar-refractivity contribution in [1.29, 1.82) is 0 Å². The largest absolute Gasteiger partial charge is 0.510 e. The molecular weight excluding hydrogens is 218 g/mol. The zero-order chi connectivity index (χ0) is 11.7. The van der Waals surface area contributed by atoms with Gasteiger partial charge in [-0.05, 0) is 6.08 Å². The number of nitrogens with zero attached hydrogens (tertiary/aromatic N) is 1. The molecule has 2 saturated heterocycles. The van der Waals surface area contributed by atoms with Gasteiger partial charge >= 0.3 is 6.16 Å². The molecule has 0 bridgehead atoms. The minimum absolute atomic E-state index is 0.166. The van der Waals surface area contributed by atoms with Crippen molar-refractivity contribution < 1.29 is 28.9 Å². The van der Waals surface area contributed by atoms with Crippen LogP contribution in [-0.2, 0) is 19.0 Å². The van der Waals surface area contributed by atoms with Crippen molar-refractivity contribution in [3.63, 3.8) is 0 Å². The minimum Gasteiger partial charge on any atom is -0.468 e. The van der Waals surface area contributed by atoms with Crippen LogP contribution >= 0.6 is 0 Å². The second-order valence-corrected chi connectivity index (χ2v) is 3.29. The summed E-state index contributed by atoms with van der Waals surface area (Å²) in [7, 11) is 1.17. The Bertz CT molecular complexity index is 352. The van der Waals surface area contributed by atoms with Crippen LogP contribution in [0.15, 0.2) is 11.8 Å². The Kier molecular flexibility index (Phi) is 2.69. The summed E-state index contributed by atoms with van der Waals surface area (Å²) in [6.07, 6.45) is -0.633. The van der Waals surface area contributed by atoms with Gasteiger partial charge in [-0.25, -0.2) is 4.79 Å². The third-order valence-electron chi connectivity index (χ3n) is 2.38. The summed E-state index contributed by atoms with van der Waals surface area (Å²) in [5, 5.41) is 8.76. The van der Waals surface area contributed by atoms with Crippen molar-refractivity contribution in [2.24, 2.45) is 0 Å². The molecule has 7 nitrogen and oxygen atoms in total. The quantitative estimate of drug-likeness (QED) is 0.510.